The number of nitriles is 1. The van der Waals surface area contributed by atoms with Gasteiger partial charge in [-0.2, -0.15) is 5.26 Å². The van der Waals surface area contributed by atoms with Gasteiger partial charge in [-0.3, -0.25) is 0 Å². The summed E-state index contributed by atoms with van der Waals surface area (Å²) in [5.41, 5.74) is -0.557. The number of amides is 1. The molecule has 0 aromatic heterocycles. The van der Waals surface area contributed by atoms with Crippen LogP contribution in [-0.2, 0) is 9.47 Å². The van der Waals surface area contributed by atoms with E-state index < -0.39 is 17.7 Å². The Bertz CT molecular complexity index is 276. The Morgan fingerprint density at radius 2 is 2.00 bits per heavy atom. The topological polar surface area (TPSA) is 71.3 Å². The molecule has 0 fully saturated rings. The van der Waals surface area contributed by atoms with Crippen LogP contribution in [0.3, 0.4) is 0 Å². The summed E-state index contributed by atoms with van der Waals surface area (Å²) in [7, 11) is 0. The van der Waals surface area contributed by atoms with Crippen molar-refractivity contribution in [3.05, 3.63) is 0 Å². The lowest BCUT2D eigenvalue weighted by Crippen LogP contribution is -2.39. The normalized spacial score (nSPS) is 13.0. The van der Waals surface area contributed by atoms with Crippen LogP contribution in [0.1, 0.15) is 41.0 Å². The molecule has 0 aliphatic carbocycles. The van der Waals surface area contributed by atoms with Crippen LogP contribution in [0.25, 0.3) is 0 Å². The molecule has 0 saturated heterocycles. The van der Waals surface area contributed by atoms with Gasteiger partial charge in [-0.1, -0.05) is 0 Å². The predicted molar refractivity (Wildman–Crippen MR) is 64.5 cm³/mol. The van der Waals surface area contributed by atoms with Gasteiger partial charge in [0, 0.05) is 13.0 Å². The van der Waals surface area contributed by atoms with Crippen LogP contribution >= 0.6 is 0 Å². The fourth-order valence-corrected chi connectivity index (χ4v) is 1.04. The lowest BCUT2D eigenvalue weighted by atomic mass is 10.2. The third kappa shape index (κ3) is 9.64. The number of ether oxygens (including phenoxy) is 2. The monoisotopic (exact) mass is 242 g/mol. The molecular weight excluding hydrogens is 220 g/mol. The van der Waals surface area contributed by atoms with E-state index in [1.54, 1.807) is 20.8 Å². The van der Waals surface area contributed by atoms with Crippen LogP contribution in [0.15, 0.2) is 0 Å². The molecule has 1 amide bonds. The number of hydrogen-bond acceptors (Lipinski definition) is 4. The summed E-state index contributed by atoms with van der Waals surface area (Å²) in [6.45, 7) is 9.60. The minimum atomic E-state index is -0.580. The van der Waals surface area contributed by atoms with Crippen molar-refractivity contribution in [2.45, 2.75) is 58.8 Å². The molecule has 0 aliphatic rings. The van der Waals surface area contributed by atoms with Gasteiger partial charge < -0.3 is 14.8 Å². The molecule has 1 unspecified atom stereocenters. The van der Waals surface area contributed by atoms with Gasteiger partial charge in [0.1, 0.15) is 11.6 Å². The zero-order valence-electron chi connectivity index (χ0n) is 11.2. The van der Waals surface area contributed by atoms with E-state index in [-0.39, 0.29) is 6.10 Å². The van der Waals surface area contributed by atoms with Crippen molar-refractivity contribution in [3.63, 3.8) is 0 Å². The maximum atomic E-state index is 11.4. The SMILES string of the molecule is CC(C)OCCC(C#N)NC(=O)OC(C)(C)C. The van der Waals surface area contributed by atoms with Crippen molar-refractivity contribution in [2.24, 2.45) is 0 Å². The third-order valence-electron chi connectivity index (χ3n) is 1.70. The summed E-state index contributed by atoms with van der Waals surface area (Å²) >= 11 is 0. The van der Waals surface area contributed by atoms with E-state index in [1.807, 2.05) is 19.9 Å². The van der Waals surface area contributed by atoms with E-state index in [0.717, 1.165) is 0 Å². The minimum Gasteiger partial charge on any atom is -0.444 e. The van der Waals surface area contributed by atoms with Gasteiger partial charge in [0.15, 0.2) is 0 Å². The van der Waals surface area contributed by atoms with E-state index in [0.29, 0.717) is 13.0 Å². The summed E-state index contributed by atoms with van der Waals surface area (Å²) in [5.74, 6) is 0. The number of carbonyl (C=O) groups excluding carboxylic acids is 1. The van der Waals surface area contributed by atoms with E-state index in [9.17, 15) is 4.79 Å². The Morgan fingerprint density at radius 3 is 2.41 bits per heavy atom. The highest BCUT2D eigenvalue weighted by atomic mass is 16.6. The van der Waals surface area contributed by atoms with Gasteiger partial charge >= 0.3 is 6.09 Å². The van der Waals surface area contributed by atoms with E-state index in [1.165, 1.54) is 0 Å². The number of alkyl carbamates (subject to hydrolysis) is 1. The second kappa shape index (κ2) is 7.13. The first-order chi connectivity index (χ1) is 7.74. The first-order valence-corrected chi connectivity index (χ1v) is 5.75. The maximum absolute atomic E-state index is 11.4. The average Bonchev–Trinajstić information content (AvgIpc) is 2.12. The molecule has 98 valence electrons. The number of carbonyl (C=O) groups is 1. The van der Waals surface area contributed by atoms with Gasteiger partial charge in [-0.15, -0.1) is 0 Å². The van der Waals surface area contributed by atoms with Crippen molar-refractivity contribution >= 4 is 6.09 Å². The summed E-state index contributed by atoms with van der Waals surface area (Å²) in [6.07, 6.45) is -0.00189. The Balaban J connectivity index is 3.97. The van der Waals surface area contributed by atoms with Crippen LogP contribution in [0.2, 0.25) is 0 Å². The van der Waals surface area contributed by atoms with E-state index in [2.05, 4.69) is 5.32 Å². The molecule has 0 aliphatic heterocycles. The van der Waals surface area contributed by atoms with Crippen LogP contribution in [-0.4, -0.2) is 30.4 Å². The quantitative estimate of drug-likeness (QED) is 0.802. The van der Waals surface area contributed by atoms with Crippen LogP contribution < -0.4 is 5.32 Å². The molecular formula is C12H22N2O3. The molecule has 0 bridgehead atoms. The number of nitrogens with one attached hydrogen (secondary N) is 1. The predicted octanol–water partition coefficient (Wildman–Crippen LogP) is 2.22. The summed E-state index contributed by atoms with van der Waals surface area (Å²) < 4.78 is 10.4. The third-order valence-corrected chi connectivity index (χ3v) is 1.70. The highest BCUT2D eigenvalue weighted by Gasteiger charge is 2.19. The molecule has 5 heteroatoms. The Kier molecular flexibility index (Phi) is 6.59. The maximum Gasteiger partial charge on any atom is 0.408 e. The molecule has 0 heterocycles. The fraction of sp³-hybridized carbons (Fsp3) is 0.833. The second-order valence-electron chi connectivity index (χ2n) is 5.04. The molecule has 0 aromatic rings. The molecule has 0 aromatic carbocycles. The highest BCUT2D eigenvalue weighted by Crippen LogP contribution is 2.07. The standard InChI is InChI=1S/C12H22N2O3/c1-9(2)16-7-6-10(8-13)14-11(15)17-12(3,4)5/h9-10H,6-7H2,1-5H3,(H,14,15). The van der Waals surface area contributed by atoms with Crippen molar-refractivity contribution in [1.82, 2.24) is 5.32 Å². The molecule has 0 spiro atoms. The Labute approximate surface area is 103 Å². The highest BCUT2D eigenvalue weighted by molar-refractivity contribution is 5.68. The van der Waals surface area contributed by atoms with Crippen molar-refractivity contribution in [3.8, 4) is 6.07 Å². The number of nitrogens with zero attached hydrogens (tertiary/aromatic N) is 1. The zero-order chi connectivity index (χ0) is 13.5. The van der Waals surface area contributed by atoms with Gasteiger partial charge in [0.05, 0.1) is 12.2 Å². The van der Waals surface area contributed by atoms with Crippen LogP contribution in [0.5, 0.6) is 0 Å². The summed E-state index contributed by atoms with van der Waals surface area (Å²) in [6, 6.07) is 1.42. The second-order valence-corrected chi connectivity index (χ2v) is 5.04. The lowest BCUT2D eigenvalue weighted by Gasteiger charge is -2.21. The molecule has 1 N–H and O–H groups in total. The average molecular weight is 242 g/mol. The summed E-state index contributed by atoms with van der Waals surface area (Å²) in [5, 5.41) is 11.4. The van der Waals surface area contributed by atoms with Crippen molar-refractivity contribution in [1.29, 1.82) is 5.26 Å². The molecule has 0 radical (unpaired) electrons. The van der Waals surface area contributed by atoms with Crippen molar-refractivity contribution < 1.29 is 14.3 Å². The lowest BCUT2D eigenvalue weighted by molar-refractivity contribution is 0.0483. The Hall–Kier alpha value is -1.28. The fourth-order valence-electron chi connectivity index (χ4n) is 1.04. The molecule has 5 nitrogen and oxygen atoms in total. The first-order valence-electron chi connectivity index (χ1n) is 5.75. The van der Waals surface area contributed by atoms with E-state index in [4.69, 9.17) is 14.7 Å². The summed E-state index contributed by atoms with van der Waals surface area (Å²) in [4.78, 5) is 11.4. The Morgan fingerprint density at radius 1 is 1.41 bits per heavy atom. The largest absolute Gasteiger partial charge is 0.444 e. The number of hydrogen-bond donors (Lipinski definition) is 1. The molecule has 17 heavy (non-hydrogen) atoms. The molecule has 0 rings (SSSR count). The van der Waals surface area contributed by atoms with Gasteiger partial charge in [-0.25, -0.2) is 4.79 Å². The molecule has 1 atom stereocenters. The van der Waals surface area contributed by atoms with Gasteiger partial charge in [0.2, 0.25) is 0 Å². The zero-order valence-corrected chi connectivity index (χ0v) is 11.2. The van der Waals surface area contributed by atoms with Crippen LogP contribution in [0.4, 0.5) is 4.79 Å². The first kappa shape index (κ1) is 15.7. The van der Waals surface area contributed by atoms with Crippen LogP contribution in [0, 0.1) is 11.3 Å². The molecule has 0 saturated carbocycles. The van der Waals surface area contributed by atoms with Gasteiger partial charge in [0.25, 0.3) is 0 Å². The van der Waals surface area contributed by atoms with E-state index >= 15 is 0 Å². The van der Waals surface area contributed by atoms with Gasteiger partial charge in [-0.05, 0) is 34.6 Å². The smallest absolute Gasteiger partial charge is 0.408 e. The minimum absolute atomic E-state index is 0.121. The number of rotatable bonds is 5. The van der Waals surface area contributed by atoms with Crippen molar-refractivity contribution in [2.75, 3.05) is 6.61 Å².